The predicted octanol–water partition coefficient (Wildman–Crippen LogP) is 2.35. The molecule has 1 aromatic carbocycles. The third kappa shape index (κ3) is 6.55. The minimum absolute atomic E-state index is 0.120. The topological polar surface area (TPSA) is 114 Å². The molecule has 1 aromatic rings. The van der Waals surface area contributed by atoms with E-state index in [4.69, 9.17) is 14.0 Å². The molecule has 0 radical (unpaired) electrons. The molecule has 2 aliphatic rings. The van der Waals surface area contributed by atoms with Gasteiger partial charge in [0.15, 0.2) is 0 Å². The van der Waals surface area contributed by atoms with Crippen LogP contribution in [-0.4, -0.2) is 71.0 Å². The smallest absolute Gasteiger partial charge is 0.481 e. The average molecular weight is 488 g/mol. The number of hydrogen-bond acceptors (Lipinski definition) is 6. The molecule has 0 aromatic heterocycles. The predicted molar refractivity (Wildman–Crippen MR) is 131 cm³/mol. The lowest BCUT2D eigenvalue weighted by atomic mass is 9.78. The molecule has 0 spiro atoms. The van der Waals surface area contributed by atoms with E-state index in [9.17, 15) is 19.5 Å². The van der Waals surface area contributed by atoms with Gasteiger partial charge in [-0.05, 0) is 65.9 Å². The van der Waals surface area contributed by atoms with Gasteiger partial charge in [-0.15, -0.1) is 0 Å². The molecule has 2 heterocycles. The number of alkyl carbamates (subject to hydrolysis) is 1. The number of carboxylic acids is 1. The van der Waals surface area contributed by atoms with Gasteiger partial charge in [-0.25, -0.2) is 4.79 Å². The number of carboxylic acid groups (broad SMARTS) is 1. The van der Waals surface area contributed by atoms with Crippen molar-refractivity contribution in [3.63, 3.8) is 0 Å². The first-order valence-corrected chi connectivity index (χ1v) is 12.0. The Morgan fingerprint density at radius 3 is 2.37 bits per heavy atom. The largest absolute Gasteiger partial charge is 0.494 e. The Kier molecular flexibility index (Phi) is 7.57. The number of hydrogen-bond donors (Lipinski definition) is 2. The van der Waals surface area contributed by atoms with Gasteiger partial charge >= 0.3 is 19.2 Å². The molecule has 192 valence electrons. The zero-order chi connectivity index (χ0) is 26.2. The number of ether oxygens (including phenoxy) is 1. The minimum atomic E-state index is -0.924. The maximum Gasteiger partial charge on any atom is 0.494 e. The number of benzene rings is 1. The number of carbonyl (C=O) groups excluding carboxylic acids is 2. The van der Waals surface area contributed by atoms with Gasteiger partial charge in [0.1, 0.15) is 11.6 Å². The van der Waals surface area contributed by atoms with Crippen molar-refractivity contribution in [2.75, 3.05) is 13.1 Å². The van der Waals surface area contributed by atoms with E-state index in [1.165, 1.54) is 4.90 Å². The molecule has 0 saturated carbocycles. The van der Waals surface area contributed by atoms with Gasteiger partial charge in [0.2, 0.25) is 5.91 Å². The zero-order valence-corrected chi connectivity index (χ0v) is 21.7. The minimum Gasteiger partial charge on any atom is -0.481 e. The molecular weight excluding hydrogens is 451 g/mol. The van der Waals surface area contributed by atoms with E-state index in [-0.39, 0.29) is 18.9 Å². The van der Waals surface area contributed by atoms with Gasteiger partial charge in [-0.1, -0.05) is 24.3 Å². The summed E-state index contributed by atoms with van der Waals surface area (Å²) in [6.45, 7) is 13.6. The average Bonchev–Trinajstić information content (AvgIpc) is 3.28. The molecule has 2 amide bonds. The van der Waals surface area contributed by atoms with Crippen LogP contribution in [0.15, 0.2) is 24.3 Å². The van der Waals surface area contributed by atoms with Gasteiger partial charge < -0.3 is 29.4 Å². The van der Waals surface area contributed by atoms with Crippen molar-refractivity contribution in [3.05, 3.63) is 29.8 Å². The standard InChI is InChI=1S/C25H37BN2O7/c1-23(2,3)33-22(32)27-19(20(29)28-12-11-17(15-28)21(30)31)14-16-9-8-10-18(13-16)26-34-24(4,5)25(6,7)35-26/h8-10,13,17,19H,11-12,14-15H2,1-7H3,(H,27,32)(H,30,31)/t17-,19?/m1/s1. The van der Waals surface area contributed by atoms with Crippen LogP contribution in [0.2, 0.25) is 0 Å². The first-order chi connectivity index (χ1) is 16.1. The van der Waals surface area contributed by atoms with Crippen molar-refractivity contribution in [1.82, 2.24) is 10.2 Å². The third-order valence-electron chi connectivity index (χ3n) is 6.75. The van der Waals surface area contributed by atoms with E-state index in [0.717, 1.165) is 11.0 Å². The Morgan fingerprint density at radius 2 is 1.83 bits per heavy atom. The van der Waals surface area contributed by atoms with Crippen molar-refractivity contribution in [2.24, 2.45) is 5.92 Å². The summed E-state index contributed by atoms with van der Waals surface area (Å²) in [5.41, 5.74) is -0.0737. The third-order valence-corrected chi connectivity index (χ3v) is 6.75. The zero-order valence-electron chi connectivity index (χ0n) is 21.7. The molecule has 0 aliphatic carbocycles. The number of amides is 2. The van der Waals surface area contributed by atoms with Crippen molar-refractivity contribution < 1.29 is 33.5 Å². The molecule has 2 atom stereocenters. The highest BCUT2D eigenvalue weighted by molar-refractivity contribution is 6.62. The lowest BCUT2D eigenvalue weighted by Gasteiger charge is -2.32. The highest BCUT2D eigenvalue weighted by Gasteiger charge is 2.51. The normalized spacial score (nSPS) is 22.1. The van der Waals surface area contributed by atoms with Crippen molar-refractivity contribution in [3.8, 4) is 0 Å². The summed E-state index contributed by atoms with van der Waals surface area (Å²) in [5, 5.41) is 12.0. The van der Waals surface area contributed by atoms with E-state index in [2.05, 4.69) is 5.32 Å². The van der Waals surface area contributed by atoms with Crippen LogP contribution in [0.5, 0.6) is 0 Å². The number of aliphatic carboxylic acids is 1. The number of likely N-dealkylation sites (tertiary alicyclic amines) is 1. The fourth-order valence-corrected chi connectivity index (χ4v) is 4.11. The first kappa shape index (κ1) is 27.0. The Balaban J connectivity index is 1.79. The van der Waals surface area contributed by atoms with Crippen LogP contribution in [0.1, 0.15) is 60.5 Å². The summed E-state index contributed by atoms with van der Waals surface area (Å²) < 4.78 is 17.7. The molecule has 3 rings (SSSR count). The fraction of sp³-hybridized carbons (Fsp3) is 0.640. The Labute approximate surface area is 207 Å². The van der Waals surface area contributed by atoms with E-state index in [1.54, 1.807) is 20.8 Å². The van der Waals surface area contributed by atoms with Gasteiger partial charge in [0.05, 0.1) is 17.1 Å². The summed E-state index contributed by atoms with van der Waals surface area (Å²) in [4.78, 5) is 38.7. The second kappa shape index (κ2) is 9.81. The molecule has 2 N–H and O–H groups in total. The van der Waals surface area contributed by atoms with Gasteiger partial charge in [-0.3, -0.25) is 9.59 Å². The van der Waals surface area contributed by atoms with Crippen LogP contribution in [0.25, 0.3) is 0 Å². The maximum absolute atomic E-state index is 13.3. The van der Waals surface area contributed by atoms with E-state index >= 15 is 0 Å². The molecule has 2 fully saturated rings. The second-order valence-electron chi connectivity index (χ2n) is 11.3. The number of rotatable bonds is 6. The molecule has 2 saturated heterocycles. The maximum atomic E-state index is 13.3. The Hall–Kier alpha value is -2.59. The first-order valence-electron chi connectivity index (χ1n) is 12.0. The molecule has 35 heavy (non-hydrogen) atoms. The molecular formula is C25H37BN2O7. The highest BCUT2D eigenvalue weighted by Crippen LogP contribution is 2.36. The van der Waals surface area contributed by atoms with Crippen LogP contribution in [0, 0.1) is 5.92 Å². The lowest BCUT2D eigenvalue weighted by Crippen LogP contribution is -2.50. The van der Waals surface area contributed by atoms with Crippen LogP contribution < -0.4 is 10.8 Å². The Bertz CT molecular complexity index is 957. The highest BCUT2D eigenvalue weighted by atomic mass is 16.7. The molecule has 9 nitrogen and oxygen atoms in total. The van der Waals surface area contributed by atoms with Gasteiger partial charge in [0.25, 0.3) is 0 Å². The monoisotopic (exact) mass is 488 g/mol. The lowest BCUT2D eigenvalue weighted by molar-refractivity contribution is -0.141. The SMILES string of the molecule is CC(C)(C)OC(=O)NC(Cc1cccc(B2OC(C)(C)C(C)(C)O2)c1)C(=O)N1CC[C@@H](C(=O)O)C1. The summed E-state index contributed by atoms with van der Waals surface area (Å²) in [6, 6.07) is 6.63. The molecule has 10 heteroatoms. The van der Waals surface area contributed by atoms with E-state index in [1.807, 2.05) is 52.0 Å². The molecule has 1 unspecified atom stereocenters. The molecule has 2 aliphatic heterocycles. The second-order valence-corrected chi connectivity index (χ2v) is 11.3. The quantitative estimate of drug-likeness (QED) is 0.591. The molecule has 0 bridgehead atoms. The van der Waals surface area contributed by atoms with Crippen LogP contribution in [0.3, 0.4) is 0 Å². The van der Waals surface area contributed by atoms with E-state index < -0.39 is 47.9 Å². The fourth-order valence-electron chi connectivity index (χ4n) is 4.11. The van der Waals surface area contributed by atoms with E-state index in [0.29, 0.717) is 13.0 Å². The number of nitrogens with one attached hydrogen (secondary N) is 1. The summed E-state index contributed by atoms with van der Waals surface area (Å²) in [7, 11) is -0.553. The van der Waals surface area contributed by atoms with Crippen LogP contribution in [-0.2, 0) is 30.1 Å². The van der Waals surface area contributed by atoms with Gasteiger partial charge in [0, 0.05) is 19.5 Å². The summed E-state index contributed by atoms with van der Waals surface area (Å²) >= 11 is 0. The number of carbonyl (C=O) groups is 3. The summed E-state index contributed by atoms with van der Waals surface area (Å²) in [5.74, 6) is -1.86. The number of nitrogens with zero attached hydrogens (tertiary/aromatic N) is 1. The van der Waals surface area contributed by atoms with Crippen molar-refractivity contribution >= 4 is 30.6 Å². The van der Waals surface area contributed by atoms with Crippen LogP contribution >= 0.6 is 0 Å². The Morgan fingerprint density at radius 1 is 1.20 bits per heavy atom. The van der Waals surface area contributed by atoms with Gasteiger partial charge in [-0.2, -0.15) is 0 Å². The van der Waals surface area contributed by atoms with Crippen molar-refractivity contribution in [2.45, 2.75) is 84.2 Å². The van der Waals surface area contributed by atoms with Crippen LogP contribution in [0.4, 0.5) is 4.79 Å². The summed E-state index contributed by atoms with van der Waals surface area (Å²) in [6.07, 6.45) is -0.107. The van der Waals surface area contributed by atoms with Crippen molar-refractivity contribution in [1.29, 1.82) is 0 Å².